The lowest BCUT2D eigenvalue weighted by atomic mass is 9.95. The Hall–Kier alpha value is -2.89. The maximum Gasteiger partial charge on any atom is 0.150 e. The van der Waals surface area contributed by atoms with Crippen LogP contribution in [0, 0.1) is 6.92 Å². The standard InChI is InChI=1S/C26H25ClO4S/c1-19-20(10-6-11-24(19)21-8-4-3-5-9-21)12-13-22-17-26(25(27)16-23(22)18-28)31-14-7-15-32(2,29)30/h3-6,8-13,16-18H,7,14-15H2,1-2H3/b13-12+. The molecule has 0 unspecified atom stereocenters. The number of aldehydes is 1. The third-order valence-electron chi connectivity index (χ3n) is 5.08. The summed E-state index contributed by atoms with van der Waals surface area (Å²) in [5.74, 6) is 0.459. The van der Waals surface area contributed by atoms with Crippen LogP contribution in [0.1, 0.15) is 33.5 Å². The average molecular weight is 469 g/mol. The van der Waals surface area contributed by atoms with E-state index in [0.717, 1.165) is 28.5 Å². The van der Waals surface area contributed by atoms with Gasteiger partial charge in [-0.2, -0.15) is 0 Å². The van der Waals surface area contributed by atoms with Gasteiger partial charge in [-0.15, -0.1) is 0 Å². The van der Waals surface area contributed by atoms with E-state index in [9.17, 15) is 13.2 Å². The van der Waals surface area contributed by atoms with Gasteiger partial charge < -0.3 is 4.74 Å². The summed E-state index contributed by atoms with van der Waals surface area (Å²) in [5.41, 5.74) is 5.58. The molecule has 0 aromatic heterocycles. The molecule has 3 aromatic rings. The van der Waals surface area contributed by atoms with Crippen molar-refractivity contribution in [1.29, 1.82) is 0 Å². The van der Waals surface area contributed by atoms with E-state index in [2.05, 4.69) is 25.1 Å². The molecule has 0 heterocycles. The summed E-state index contributed by atoms with van der Waals surface area (Å²) in [6.07, 6.45) is 6.13. The highest BCUT2D eigenvalue weighted by Gasteiger charge is 2.10. The first-order valence-corrected chi connectivity index (χ1v) is 12.6. The SMILES string of the molecule is Cc1c(/C=C/c2cc(OCCCS(C)(=O)=O)c(Cl)cc2C=O)cccc1-c1ccccc1. The zero-order valence-electron chi connectivity index (χ0n) is 18.0. The average Bonchev–Trinajstić information content (AvgIpc) is 2.77. The molecule has 6 heteroatoms. The van der Waals surface area contributed by atoms with Gasteiger partial charge >= 0.3 is 0 Å². The van der Waals surface area contributed by atoms with Crippen molar-refractivity contribution in [2.75, 3.05) is 18.6 Å². The normalized spacial score (nSPS) is 11.6. The molecule has 0 atom stereocenters. The molecule has 3 rings (SSSR count). The van der Waals surface area contributed by atoms with Gasteiger partial charge in [0.15, 0.2) is 6.29 Å². The number of hydrogen-bond donors (Lipinski definition) is 0. The van der Waals surface area contributed by atoms with E-state index >= 15 is 0 Å². The molecular formula is C26H25ClO4S. The molecule has 0 aliphatic rings. The smallest absolute Gasteiger partial charge is 0.150 e. The molecule has 0 fully saturated rings. The summed E-state index contributed by atoms with van der Waals surface area (Å²) in [7, 11) is -3.05. The van der Waals surface area contributed by atoms with Gasteiger partial charge in [-0.1, -0.05) is 72.3 Å². The van der Waals surface area contributed by atoms with Crippen LogP contribution < -0.4 is 4.74 Å². The molecule has 0 N–H and O–H groups in total. The van der Waals surface area contributed by atoms with Gasteiger partial charge in [0.1, 0.15) is 15.6 Å². The highest BCUT2D eigenvalue weighted by Crippen LogP contribution is 2.30. The molecule has 0 radical (unpaired) electrons. The van der Waals surface area contributed by atoms with Crippen LogP contribution in [0.2, 0.25) is 5.02 Å². The minimum Gasteiger partial charge on any atom is -0.492 e. The second kappa shape index (κ2) is 10.6. The predicted octanol–water partition coefficient (Wildman–Crippen LogP) is 6.11. The van der Waals surface area contributed by atoms with Crippen molar-refractivity contribution in [2.24, 2.45) is 0 Å². The highest BCUT2D eigenvalue weighted by atomic mass is 35.5. The Morgan fingerprint density at radius 2 is 1.66 bits per heavy atom. The van der Waals surface area contributed by atoms with Crippen molar-refractivity contribution < 1.29 is 17.9 Å². The van der Waals surface area contributed by atoms with Crippen LogP contribution in [0.5, 0.6) is 5.75 Å². The first kappa shape index (κ1) is 23.8. The van der Waals surface area contributed by atoms with E-state index < -0.39 is 9.84 Å². The van der Waals surface area contributed by atoms with Gasteiger partial charge in [0.2, 0.25) is 0 Å². The van der Waals surface area contributed by atoms with Crippen molar-refractivity contribution in [3.8, 4) is 16.9 Å². The van der Waals surface area contributed by atoms with E-state index in [0.29, 0.717) is 28.3 Å². The summed E-state index contributed by atoms with van der Waals surface area (Å²) in [6, 6.07) is 19.6. The number of sulfone groups is 1. The lowest BCUT2D eigenvalue weighted by Crippen LogP contribution is -2.08. The molecule has 0 aliphatic heterocycles. The van der Waals surface area contributed by atoms with Crippen molar-refractivity contribution in [2.45, 2.75) is 13.3 Å². The van der Waals surface area contributed by atoms with Gasteiger partial charge in [0.25, 0.3) is 0 Å². The number of hydrogen-bond acceptors (Lipinski definition) is 4. The van der Waals surface area contributed by atoms with Crippen LogP contribution in [0.4, 0.5) is 0 Å². The fourth-order valence-electron chi connectivity index (χ4n) is 3.39. The van der Waals surface area contributed by atoms with Crippen LogP contribution in [0.25, 0.3) is 23.3 Å². The lowest BCUT2D eigenvalue weighted by Gasteiger charge is -2.11. The lowest BCUT2D eigenvalue weighted by molar-refractivity contribution is 0.112. The van der Waals surface area contributed by atoms with Crippen molar-refractivity contribution in [1.82, 2.24) is 0 Å². The predicted molar refractivity (Wildman–Crippen MR) is 132 cm³/mol. The second-order valence-electron chi connectivity index (χ2n) is 7.58. The molecule has 0 amide bonds. The van der Waals surface area contributed by atoms with Crippen LogP contribution in [0.15, 0.2) is 60.7 Å². The van der Waals surface area contributed by atoms with Gasteiger partial charge in [0, 0.05) is 11.8 Å². The topological polar surface area (TPSA) is 60.4 Å². The molecule has 166 valence electrons. The van der Waals surface area contributed by atoms with Crippen molar-refractivity contribution >= 4 is 39.9 Å². The number of rotatable bonds is 9. The highest BCUT2D eigenvalue weighted by molar-refractivity contribution is 7.90. The van der Waals surface area contributed by atoms with Crippen molar-refractivity contribution in [3.63, 3.8) is 0 Å². The Morgan fingerprint density at radius 3 is 2.34 bits per heavy atom. The number of halogens is 1. The first-order chi connectivity index (χ1) is 15.3. The molecule has 0 aliphatic carbocycles. The van der Waals surface area contributed by atoms with Gasteiger partial charge in [-0.3, -0.25) is 4.79 Å². The monoisotopic (exact) mass is 468 g/mol. The summed E-state index contributed by atoms with van der Waals surface area (Å²) in [6.45, 7) is 2.29. The quantitative estimate of drug-likeness (QED) is 0.216. The molecule has 4 nitrogen and oxygen atoms in total. The van der Waals surface area contributed by atoms with Crippen LogP contribution >= 0.6 is 11.6 Å². The summed E-state index contributed by atoms with van der Waals surface area (Å²) in [4.78, 5) is 11.6. The third-order valence-corrected chi connectivity index (χ3v) is 6.41. The minimum absolute atomic E-state index is 0.0425. The molecule has 0 bridgehead atoms. The maximum absolute atomic E-state index is 11.6. The largest absolute Gasteiger partial charge is 0.492 e. The van der Waals surface area contributed by atoms with E-state index in [1.54, 1.807) is 12.1 Å². The van der Waals surface area contributed by atoms with Crippen LogP contribution in [-0.4, -0.2) is 33.3 Å². The Morgan fingerprint density at radius 1 is 0.938 bits per heavy atom. The minimum atomic E-state index is -3.05. The Balaban J connectivity index is 1.86. The Bertz CT molecular complexity index is 1230. The molecule has 0 saturated carbocycles. The third kappa shape index (κ3) is 6.31. The van der Waals surface area contributed by atoms with E-state index in [4.69, 9.17) is 16.3 Å². The van der Waals surface area contributed by atoms with E-state index in [-0.39, 0.29) is 12.4 Å². The number of carbonyl (C=O) groups is 1. The number of benzene rings is 3. The summed E-state index contributed by atoms with van der Waals surface area (Å²) >= 11 is 6.25. The molecule has 0 saturated heterocycles. The summed E-state index contributed by atoms with van der Waals surface area (Å²) < 4.78 is 28.2. The van der Waals surface area contributed by atoms with Gasteiger partial charge in [-0.25, -0.2) is 8.42 Å². The van der Waals surface area contributed by atoms with Crippen LogP contribution in [0.3, 0.4) is 0 Å². The zero-order valence-corrected chi connectivity index (χ0v) is 19.6. The fourth-order valence-corrected chi connectivity index (χ4v) is 4.26. The molecular weight excluding hydrogens is 444 g/mol. The second-order valence-corrected chi connectivity index (χ2v) is 10.2. The molecule has 0 spiro atoms. The first-order valence-electron chi connectivity index (χ1n) is 10.2. The van der Waals surface area contributed by atoms with Gasteiger partial charge in [0.05, 0.1) is 17.4 Å². The molecule has 3 aromatic carbocycles. The van der Waals surface area contributed by atoms with Gasteiger partial charge in [-0.05, 0) is 53.3 Å². The molecule has 32 heavy (non-hydrogen) atoms. The number of ether oxygens (including phenoxy) is 1. The zero-order chi connectivity index (χ0) is 23.1. The van der Waals surface area contributed by atoms with E-state index in [1.165, 1.54) is 6.26 Å². The Labute approximate surface area is 194 Å². The fraction of sp³-hybridized carbons (Fsp3) is 0.192. The maximum atomic E-state index is 11.6. The Kier molecular flexibility index (Phi) is 7.89. The number of carbonyl (C=O) groups excluding carboxylic acids is 1. The van der Waals surface area contributed by atoms with Crippen molar-refractivity contribution in [3.05, 3.63) is 87.9 Å². The summed E-state index contributed by atoms with van der Waals surface area (Å²) in [5, 5.41) is 0.311. The van der Waals surface area contributed by atoms with Crippen LogP contribution in [-0.2, 0) is 9.84 Å². The van der Waals surface area contributed by atoms with E-state index in [1.807, 2.05) is 42.5 Å².